The van der Waals surface area contributed by atoms with Gasteiger partial charge in [0.05, 0.1) is 0 Å². The van der Waals surface area contributed by atoms with E-state index in [1.54, 1.807) is 11.1 Å². The van der Waals surface area contributed by atoms with Gasteiger partial charge in [-0.3, -0.25) is 0 Å². The van der Waals surface area contributed by atoms with Crippen molar-refractivity contribution in [2.75, 3.05) is 0 Å². The molecule has 0 amide bonds. The lowest BCUT2D eigenvalue weighted by Gasteiger charge is -2.57. The van der Waals surface area contributed by atoms with Gasteiger partial charge in [0.1, 0.15) is 28.2 Å². The predicted octanol–water partition coefficient (Wildman–Crippen LogP) is 29.5. The summed E-state index contributed by atoms with van der Waals surface area (Å²) in [7, 11) is 8.52. The molecule has 0 atom stereocenters. The fraction of sp³-hybridized carbons (Fsp3) is 0.429. The second kappa shape index (κ2) is 38.5. The van der Waals surface area contributed by atoms with Gasteiger partial charge >= 0.3 is 0 Å². The SMILES string of the molecule is Cc1ccccc1-c1cc(-c2ccc(C34CC5CC(CC(C5)C3)C4)cc2)cc[n+]1C.Cc1ccccc1-c1cc(-c2cccc(C3CC4CCCC(CCC4)C3)c2)cc[n+]1C.[2H]C1(c2ccc(-c3cc[n+](C)c(-c4ccccc4C)c3)cc2)CC2CCCC(CCC2)C1.[2H]C1(c2cccc(-c3cc[n+](C)c(-c4ccccc4C)c3)c2)CC2CCCC(CCC2)C1. The highest BCUT2D eigenvalue weighted by molar-refractivity contribution is 5.75. The maximum atomic E-state index is 9.59. The van der Waals surface area contributed by atoms with Gasteiger partial charge < -0.3 is 0 Å². The Kier molecular flexibility index (Phi) is 25.5. The number of hydrogen-bond donors (Lipinski definition) is 0. The van der Waals surface area contributed by atoms with Crippen LogP contribution in [0.2, 0.25) is 0 Å². The van der Waals surface area contributed by atoms with Gasteiger partial charge in [0.15, 0.2) is 24.8 Å². The molecule has 4 heteroatoms. The highest BCUT2D eigenvalue weighted by Gasteiger charge is 2.51. The molecule has 13 aliphatic carbocycles. The van der Waals surface area contributed by atoms with Gasteiger partial charge in [-0.05, 0) is 294 Å². The first kappa shape index (κ1) is 81.7. The van der Waals surface area contributed by atoms with Crippen LogP contribution in [0.25, 0.3) is 89.5 Å². The largest absolute Gasteiger partial charge is 0.213 e. The van der Waals surface area contributed by atoms with Crippen LogP contribution in [0.15, 0.2) is 267 Å². The first-order chi connectivity index (χ1) is 60.8. The zero-order chi connectivity index (χ0) is 85.8. The van der Waals surface area contributed by atoms with Crippen LogP contribution in [-0.4, -0.2) is 0 Å². The Morgan fingerprint density at radius 1 is 0.244 bits per heavy atom. The summed E-state index contributed by atoms with van der Waals surface area (Å²) in [5.74, 6) is 7.70. The molecule has 0 aliphatic heterocycles. The third-order valence-corrected chi connectivity index (χ3v) is 31.8. The van der Waals surface area contributed by atoms with E-state index in [9.17, 15) is 2.74 Å². The number of aryl methyl sites for hydroxylation is 8. The Bertz CT molecular complexity index is 5630. The molecule has 8 aromatic carbocycles. The molecule has 13 fully saturated rings. The van der Waals surface area contributed by atoms with Gasteiger partial charge in [-0.25, -0.2) is 18.3 Å². The Labute approximate surface area is 742 Å². The van der Waals surface area contributed by atoms with E-state index < -0.39 is 11.8 Å². The standard InChI is InChI=1S/3C30H36N.C29H32N/c2*1-22-8-3-4-15-29(22)30-21-27(16-17-31(30)2)25-13-7-14-26(20-25)28-18-23-9-5-10-24(19-28)12-6-11-23;1-22-7-3-4-12-29(22)30-21-27(17-18-31(30)2)25-13-15-26(16-14-25)28-19-23-8-5-9-24(20-28)11-6-10-23;1-20-5-3-4-6-27(20)28-16-25(11-12-30(28)2)24-7-9-26(10-8-24)29-17-21-13-22(18-29)15-23(14-21)19-29/h2*3-4,7-8,13-17,20-21,23-24,28H,5-6,9-12,18-19H2,1-2H3;3-4,7,12-18,21,23-24,28H,5-6,8-11,19-20H2,1-2H3;3-12,16,21-23H,13-15,17-19H2,1-2H3/q4*+1/i28D;;28D;. The molecular weight excluding hydrogens is 1490 g/mol. The van der Waals surface area contributed by atoms with Crippen LogP contribution in [0.1, 0.15) is 258 Å². The third-order valence-electron chi connectivity index (χ3n) is 31.8. The minimum absolute atomic E-state index is 0.413. The van der Waals surface area contributed by atoms with E-state index in [2.05, 4.69) is 342 Å². The van der Waals surface area contributed by atoms with Crippen LogP contribution >= 0.6 is 0 Å². The summed E-state index contributed by atoms with van der Waals surface area (Å²) < 4.78 is 27.9. The average Bonchev–Trinajstić information content (AvgIpc) is 0.736. The van der Waals surface area contributed by atoms with Gasteiger partial charge in [0.25, 0.3) is 0 Å². The molecule has 0 radical (unpaired) electrons. The van der Waals surface area contributed by atoms with Crippen LogP contribution in [-0.2, 0) is 33.6 Å². The molecular formula is C119H140N4+4. The lowest BCUT2D eigenvalue weighted by Crippen LogP contribution is -2.48. The molecule has 13 aliphatic rings. The topological polar surface area (TPSA) is 15.5 Å². The smallest absolute Gasteiger partial charge is 0.201 e. The molecule has 25 rings (SSSR count). The van der Waals surface area contributed by atoms with Crippen molar-refractivity contribution in [2.45, 2.75) is 243 Å². The number of rotatable bonds is 12. The molecule has 12 aromatic rings. The second-order valence-corrected chi connectivity index (χ2v) is 40.4. The van der Waals surface area contributed by atoms with Gasteiger partial charge in [0, 0.05) is 73.5 Å². The fourth-order valence-corrected chi connectivity index (χ4v) is 25.3. The van der Waals surface area contributed by atoms with E-state index in [4.69, 9.17) is 0 Å². The minimum atomic E-state index is -0.440. The Morgan fingerprint density at radius 3 is 0.854 bits per heavy atom. The quantitative estimate of drug-likeness (QED) is 0.108. The molecule has 13 saturated carbocycles. The summed E-state index contributed by atoms with van der Waals surface area (Å²) in [5, 5.41) is 0. The lowest BCUT2D eigenvalue weighted by molar-refractivity contribution is -0.660. The summed E-state index contributed by atoms with van der Waals surface area (Å²) in [5.41, 5.74) is 31.8. The zero-order valence-corrected chi connectivity index (χ0v) is 75.7. The summed E-state index contributed by atoms with van der Waals surface area (Å²) in [4.78, 5) is 0. The van der Waals surface area contributed by atoms with E-state index in [0.717, 1.165) is 84.9 Å². The van der Waals surface area contributed by atoms with Gasteiger partial charge in [0.2, 0.25) is 22.8 Å². The first-order valence-corrected chi connectivity index (χ1v) is 48.5. The number of fused-ring (bicyclic) bond motifs is 18. The van der Waals surface area contributed by atoms with Crippen LogP contribution in [0.3, 0.4) is 0 Å². The number of benzene rings is 8. The van der Waals surface area contributed by atoms with E-state index >= 15 is 0 Å². The normalized spacial score (nSPS) is 26.5. The second-order valence-electron chi connectivity index (χ2n) is 40.4. The Balaban J connectivity index is 0.000000113. The summed E-state index contributed by atoms with van der Waals surface area (Å²) in [6.45, 7) is 8.75. The van der Waals surface area contributed by atoms with E-state index in [1.807, 2.05) is 0 Å². The van der Waals surface area contributed by atoms with Crippen molar-refractivity contribution >= 4 is 0 Å². The van der Waals surface area contributed by atoms with E-state index in [0.29, 0.717) is 5.41 Å². The van der Waals surface area contributed by atoms with Crippen molar-refractivity contribution < 1.29 is 21.0 Å². The van der Waals surface area contributed by atoms with Gasteiger partial charge in [-0.15, -0.1) is 0 Å². The molecule has 123 heavy (non-hydrogen) atoms. The van der Waals surface area contributed by atoms with Gasteiger partial charge in [-0.1, -0.05) is 285 Å². The number of nitrogens with zero attached hydrogens (tertiary/aromatic N) is 4. The lowest BCUT2D eigenvalue weighted by atomic mass is 9.48. The molecule has 632 valence electrons. The highest BCUT2D eigenvalue weighted by Crippen LogP contribution is 2.61. The predicted molar refractivity (Wildman–Crippen MR) is 513 cm³/mol. The molecule has 0 saturated heterocycles. The molecule has 4 aromatic heterocycles. The number of hydrogen-bond acceptors (Lipinski definition) is 0. The summed E-state index contributed by atoms with van der Waals surface area (Å²) in [6.07, 6.45) is 49.4. The van der Waals surface area contributed by atoms with Crippen molar-refractivity contribution in [3.8, 4) is 89.5 Å². The highest BCUT2D eigenvalue weighted by atomic mass is 14.9. The van der Waals surface area contributed by atoms with Crippen molar-refractivity contribution in [1.29, 1.82) is 0 Å². The molecule has 4 nitrogen and oxygen atoms in total. The zero-order valence-electron chi connectivity index (χ0n) is 77.7. The van der Waals surface area contributed by atoms with Crippen LogP contribution < -0.4 is 18.3 Å². The van der Waals surface area contributed by atoms with Crippen molar-refractivity contribution in [3.63, 3.8) is 0 Å². The minimum Gasteiger partial charge on any atom is -0.201 e. The molecule has 4 heterocycles. The monoisotopic (exact) mass is 1630 g/mol. The fourth-order valence-electron chi connectivity index (χ4n) is 25.3. The van der Waals surface area contributed by atoms with Gasteiger partial charge in [-0.2, -0.15) is 0 Å². The molecule has 0 spiro atoms. The maximum absolute atomic E-state index is 9.59. The first-order valence-electron chi connectivity index (χ1n) is 49.5. The van der Waals surface area contributed by atoms with Crippen LogP contribution in [0.4, 0.5) is 0 Å². The van der Waals surface area contributed by atoms with E-state index in [1.165, 1.54) is 290 Å². The summed E-state index contributed by atoms with van der Waals surface area (Å²) >= 11 is 0. The van der Waals surface area contributed by atoms with Crippen molar-refractivity contribution in [3.05, 3.63) is 312 Å². The third kappa shape index (κ3) is 19.7. The molecule has 0 unspecified atom stereocenters. The maximum Gasteiger partial charge on any atom is 0.213 e. The Morgan fingerprint density at radius 2 is 0.520 bits per heavy atom. The average molecular weight is 1630 g/mol. The van der Waals surface area contributed by atoms with Crippen molar-refractivity contribution in [2.24, 2.45) is 81.5 Å². The van der Waals surface area contributed by atoms with Crippen LogP contribution in [0, 0.1) is 81.0 Å². The van der Waals surface area contributed by atoms with Crippen LogP contribution in [0.5, 0.6) is 0 Å². The number of aromatic nitrogens is 4. The summed E-state index contributed by atoms with van der Waals surface area (Å²) in [6, 6.07) is 89.9. The molecule has 10 bridgehead atoms. The van der Waals surface area contributed by atoms with Crippen molar-refractivity contribution in [1.82, 2.24) is 0 Å². The Hall–Kier alpha value is -9.64. The molecule has 0 N–H and O–H groups in total. The number of pyridine rings is 4. The van der Waals surface area contributed by atoms with E-state index in [-0.39, 0.29) is 0 Å².